The number of aromatic nitrogens is 2. The van der Waals surface area contributed by atoms with Gasteiger partial charge in [0.1, 0.15) is 17.9 Å². The van der Waals surface area contributed by atoms with Crippen molar-refractivity contribution in [1.29, 1.82) is 0 Å². The minimum atomic E-state index is -0.0692. The van der Waals surface area contributed by atoms with Crippen molar-refractivity contribution in [1.82, 2.24) is 9.97 Å². The van der Waals surface area contributed by atoms with Crippen LogP contribution in [0.3, 0.4) is 0 Å². The molecular weight excluding hydrogens is 254 g/mol. The first-order valence-electron chi connectivity index (χ1n) is 6.57. The maximum atomic E-state index is 11.9. The number of terminal acetylenes is 1. The zero-order valence-corrected chi connectivity index (χ0v) is 11.7. The Morgan fingerprint density at radius 1 is 1.40 bits per heavy atom. The number of anilines is 1. The van der Waals surface area contributed by atoms with Crippen molar-refractivity contribution < 1.29 is 9.21 Å². The molecule has 0 radical (unpaired) electrons. The van der Waals surface area contributed by atoms with Gasteiger partial charge < -0.3 is 9.73 Å². The summed E-state index contributed by atoms with van der Waals surface area (Å²) in [6.07, 6.45) is 9.32. The highest BCUT2D eigenvalue weighted by Crippen LogP contribution is 2.28. The highest BCUT2D eigenvalue weighted by atomic mass is 16.3. The number of hydrogen-bond acceptors (Lipinski definition) is 4. The summed E-state index contributed by atoms with van der Waals surface area (Å²) in [5.41, 5.74) is 1.45. The molecule has 1 N–H and O–H groups in total. The molecule has 2 aromatic rings. The van der Waals surface area contributed by atoms with Crippen molar-refractivity contribution in [3.8, 4) is 12.3 Å². The summed E-state index contributed by atoms with van der Waals surface area (Å²) in [7, 11) is 0. The van der Waals surface area contributed by atoms with Gasteiger partial charge in [-0.05, 0) is 26.7 Å². The standard InChI is InChI=1S/C15H17N3O2/c1-4-5-6-7-8-12(19)18-14-13-10(2)11(3)20-15(13)17-9-16-14/h1,9H,5-8H2,2-3H3,(H,16,17,18,19). The normalized spacial score (nSPS) is 10.4. The van der Waals surface area contributed by atoms with E-state index in [1.807, 2.05) is 13.8 Å². The predicted molar refractivity (Wildman–Crippen MR) is 77.2 cm³/mol. The summed E-state index contributed by atoms with van der Waals surface area (Å²) in [4.78, 5) is 20.1. The maximum absolute atomic E-state index is 11.9. The molecule has 0 aliphatic rings. The van der Waals surface area contributed by atoms with E-state index in [-0.39, 0.29) is 5.91 Å². The molecule has 0 atom stereocenters. The number of fused-ring (bicyclic) bond motifs is 1. The molecule has 1 amide bonds. The van der Waals surface area contributed by atoms with Gasteiger partial charge >= 0.3 is 0 Å². The molecule has 20 heavy (non-hydrogen) atoms. The fourth-order valence-corrected chi connectivity index (χ4v) is 1.98. The van der Waals surface area contributed by atoms with E-state index in [2.05, 4.69) is 21.2 Å². The number of carbonyl (C=O) groups excluding carboxylic acids is 1. The Labute approximate surface area is 117 Å². The van der Waals surface area contributed by atoms with E-state index >= 15 is 0 Å². The van der Waals surface area contributed by atoms with E-state index in [4.69, 9.17) is 10.8 Å². The van der Waals surface area contributed by atoms with Crippen LogP contribution >= 0.6 is 0 Å². The minimum Gasteiger partial charge on any atom is -0.443 e. The van der Waals surface area contributed by atoms with Crippen LogP contribution < -0.4 is 5.32 Å². The molecular formula is C15H17N3O2. The van der Waals surface area contributed by atoms with Crippen LogP contribution in [-0.4, -0.2) is 15.9 Å². The Hall–Kier alpha value is -2.35. The molecule has 2 heterocycles. The number of aryl methyl sites for hydroxylation is 2. The van der Waals surface area contributed by atoms with E-state index in [0.717, 1.165) is 29.6 Å². The lowest BCUT2D eigenvalue weighted by molar-refractivity contribution is -0.116. The molecule has 2 rings (SSSR count). The summed E-state index contributed by atoms with van der Waals surface area (Å²) in [5, 5.41) is 3.58. The zero-order valence-electron chi connectivity index (χ0n) is 11.7. The third-order valence-electron chi connectivity index (χ3n) is 3.20. The number of hydrogen-bond donors (Lipinski definition) is 1. The lowest BCUT2D eigenvalue weighted by atomic mass is 10.2. The van der Waals surface area contributed by atoms with Gasteiger partial charge in [0.05, 0.1) is 5.39 Å². The molecule has 0 unspecified atom stereocenters. The van der Waals surface area contributed by atoms with Gasteiger partial charge in [0.2, 0.25) is 11.6 Å². The van der Waals surface area contributed by atoms with Crippen LogP contribution in [0.4, 0.5) is 5.82 Å². The Kier molecular flexibility index (Phi) is 4.36. The Morgan fingerprint density at radius 2 is 2.20 bits per heavy atom. The quantitative estimate of drug-likeness (QED) is 0.670. The third-order valence-corrected chi connectivity index (χ3v) is 3.20. The average molecular weight is 271 g/mol. The Morgan fingerprint density at radius 3 is 2.95 bits per heavy atom. The number of nitrogens with one attached hydrogen (secondary N) is 1. The molecule has 0 spiro atoms. The van der Waals surface area contributed by atoms with Crippen molar-refractivity contribution in [3.63, 3.8) is 0 Å². The molecule has 104 valence electrons. The van der Waals surface area contributed by atoms with Crippen LogP contribution in [0.5, 0.6) is 0 Å². The molecule has 0 bridgehead atoms. The molecule has 0 aliphatic carbocycles. The molecule has 5 heteroatoms. The van der Waals surface area contributed by atoms with Crippen molar-refractivity contribution in [2.24, 2.45) is 0 Å². The van der Waals surface area contributed by atoms with E-state index in [0.29, 0.717) is 24.4 Å². The van der Waals surface area contributed by atoms with Crippen LogP contribution in [0.1, 0.15) is 37.0 Å². The maximum Gasteiger partial charge on any atom is 0.231 e. The van der Waals surface area contributed by atoms with Crippen LogP contribution in [0.25, 0.3) is 11.1 Å². The second kappa shape index (κ2) is 6.20. The fraction of sp³-hybridized carbons (Fsp3) is 0.400. The summed E-state index contributed by atoms with van der Waals surface area (Å²) in [6, 6.07) is 0. The van der Waals surface area contributed by atoms with Gasteiger partial charge in [-0.15, -0.1) is 12.3 Å². The zero-order chi connectivity index (χ0) is 14.5. The van der Waals surface area contributed by atoms with Crippen LogP contribution in [0.15, 0.2) is 10.7 Å². The van der Waals surface area contributed by atoms with E-state index in [9.17, 15) is 4.79 Å². The Bertz CT molecular complexity index is 668. The number of rotatable bonds is 5. The molecule has 0 aromatic carbocycles. The molecule has 2 aromatic heterocycles. The number of furan rings is 1. The lowest BCUT2D eigenvalue weighted by Gasteiger charge is -2.05. The largest absolute Gasteiger partial charge is 0.443 e. The van der Waals surface area contributed by atoms with Gasteiger partial charge in [-0.2, -0.15) is 0 Å². The number of amides is 1. The van der Waals surface area contributed by atoms with E-state index in [1.165, 1.54) is 6.33 Å². The van der Waals surface area contributed by atoms with Gasteiger partial charge in [-0.3, -0.25) is 4.79 Å². The first-order valence-corrected chi connectivity index (χ1v) is 6.57. The monoisotopic (exact) mass is 271 g/mol. The average Bonchev–Trinajstić information content (AvgIpc) is 2.71. The first kappa shape index (κ1) is 14.1. The van der Waals surface area contributed by atoms with Gasteiger partial charge in [0.25, 0.3) is 0 Å². The van der Waals surface area contributed by atoms with Crippen LogP contribution in [0, 0.1) is 26.2 Å². The van der Waals surface area contributed by atoms with E-state index in [1.54, 1.807) is 0 Å². The molecule has 0 saturated heterocycles. The molecule has 0 saturated carbocycles. The summed E-state index contributed by atoms with van der Waals surface area (Å²) in [5.74, 6) is 3.78. The smallest absolute Gasteiger partial charge is 0.231 e. The second-order valence-electron chi connectivity index (χ2n) is 4.65. The molecule has 0 fully saturated rings. The van der Waals surface area contributed by atoms with Gasteiger partial charge in [-0.1, -0.05) is 0 Å². The Balaban J connectivity index is 2.10. The predicted octanol–water partition coefficient (Wildman–Crippen LogP) is 2.97. The number of nitrogens with zero attached hydrogens (tertiary/aromatic N) is 2. The summed E-state index contributed by atoms with van der Waals surface area (Å²) < 4.78 is 5.51. The summed E-state index contributed by atoms with van der Waals surface area (Å²) in [6.45, 7) is 3.79. The van der Waals surface area contributed by atoms with Crippen molar-refractivity contribution in [3.05, 3.63) is 17.7 Å². The summed E-state index contributed by atoms with van der Waals surface area (Å²) >= 11 is 0. The van der Waals surface area contributed by atoms with Crippen LogP contribution in [-0.2, 0) is 4.79 Å². The SMILES string of the molecule is C#CCCCCC(=O)Nc1ncnc2oc(C)c(C)c12. The highest BCUT2D eigenvalue weighted by Gasteiger charge is 2.15. The van der Waals surface area contributed by atoms with Crippen molar-refractivity contribution in [2.45, 2.75) is 39.5 Å². The van der Waals surface area contributed by atoms with Crippen LogP contribution in [0.2, 0.25) is 0 Å². The highest BCUT2D eigenvalue weighted by molar-refractivity contribution is 5.99. The van der Waals surface area contributed by atoms with Gasteiger partial charge in [0, 0.05) is 18.4 Å². The number of unbranched alkanes of at least 4 members (excludes halogenated alkanes) is 2. The third kappa shape index (κ3) is 2.97. The van der Waals surface area contributed by atoms with Gasteiger partial charge in [-0.25, -0.2) is 9.97 Å². The first-order chi connectivity index (χ1) is 9.63. The van der Waals surface area contributed by atoms with E-state index < -0.39 is 0 Å². The molecule has 5 nitrogen and oxygen atoms in total. The molecule has 0 aliphatic heterocycles. The van der Waals surface area contributed by atoms with Crippen molar-refractivity contribution >= 4 is 22.8 Å². The fourth-order valence-electron chi connectivity index (χ4n) is 1.98. The topological polar surface area (TPSA) is 68.0 Å². The minimum absolute atomic E-state index is 0.0692. The number of carbonyl (C=O) groups is 1. The van der Waals surface area contributed by atoms with Crippen molar-refractivity contribution in [2.75, 3.05) is 5.32 Å². The lowest BCUT2D eigenvalue weighted by Crippen LogP contribution is -2.12. The second-order valence-corrected chi connectivity index (χ2v) is 4.65. The van der Waals surface area contributed by atoms with Gasteiger partial charge in [0.15, 0.2) is 0 Å².